The van der Waals surface area contributed by atoms with Crippen LogP contribution in [-0.4, -0.2) is 32.7 Å². The average Bonchev–Trinajstić information content (AvgIpc) is 2.31. The highest BCUT2D eigenvalue weighted by atomic mass is 16.2. The van der Waals surface area contributed by atoms with Crippen LogP contribution in [0.5, 0.6) is 0 Å². The summed E-state index contributed by atoms with van der Waals surface area (Å²) >= 11 is 0. The molecule has 0 saturated carbocycles. The van der Waals surface area contributed by atoms with Gasteiger partial charge in [0.1, 0.15) is 0 Å². The van der Waals surface area contributed by atoms with E-state index in [1.54, 1.807) is 7.05 Å². The van der Waals surface area contributed by atoms with E-state index >= 15 is 0 Å². The quantitative estimate of drug-likeness (QED) is 0.501. The minimum atomic E-state index is -0.0822. The minimum Gasteiger partial charge on any atom is -0.341 e. The molecule has 0 bridgehead atoms. The van der Waals surface area contributed by atoms with Gasteiger partial charge in [0, 0.05) is 13.6 Å². The van der Waals surface area contributed by atoms with Gasteiger partial charge in [-0.2, -0.15) is 0 Å². The topological polar surface area (TPSA) is 53.2 Å². The van der Waals surface area contributed by atoms with Gasteiger partial charge in [0.05, 0.1) is 0 Å². The van der Waals surface area contributed by atoms with E-state index in [1.165, 1.54) is 32.1 Å². The molecular weight excluding hydrogens is 202 g/mol. The Morgan fingerprint density at radius 2 is 1.56 bits per heavy atom. The molecule has 2 amide bonds. The molecule has 0 aliphatic rings. The van der Waals surface area contributed by atoms with Crippen molar-refractivity contribution in [1.29, 1.82) is 0 Å². The van der Waals surface area contributed by atoms with Gasteiger partial charge in [0.15, 0.2) is 0 Å². The van der Waals surface area contributed by atoms with E-state index in [-0.39, 0.29) is 6.03 Å². The van der Waals surface area contributed by atoms with E-state index in [0.717, 1.165) is 26.1 Å². The van der Waals surface area contributed by atoms with E-state index in [9.17, 15) is 4.79 Å². The van der Waals surface area contributed by atoms with Crippen molar-refractivity contribution in [1.82, 2.24) is 16.0 Å². The SMILES string of the molecule is CCCCNCCCCCCNC(=O)NC. The number of hydrogen-bond acceptors (Lipinski definition) is 2. The van der Waals surface area contributed by atoms with Gasteiger partial charge in [0.25, 0.3) is 0 Å². The van der Waals surface area contributed by atoms with Gasteiger partial charge in [-0.05, 0) is 32.4 Å². The molecule has 0 atom stereocenters. The van der Waals surface area contributed by atoms with Gasteiger partial charge in [0.2, 0.25) is 0 Å². The fraction of sp³-hybridized carbons (Fsp3) is 0.917. The molecule has 0 radical (unpaired) electrons. The summed E-state index contributed by atoms with van der Waals surface area (Å²) in [4.78, 5) is 10.8. The molecule has 4 nitrogen and oxygen atoms in total. The van der Waals surface area contributed by atoms with Crippen molar-refractivity contribution in [2.45, 2.75) is 45.4 Å². The van der Waals surface area contributed by atoms with Crippen LogP contribution < -0.4 is 16.0 Å². The van der Waals surface area contributed by atoms with Crippen molar-refractivity contribution in [2.75, 3.05) is 26.7 Å². The molecule has 0 saturated heterocycles. The Hall–Kier alpha value is -0.770. The lowest BCUT2D eigenvalue weighted by atomic mass is 10.2. The van der Waals surface area contributed by atoms with Crippen molar-refractivity contribution >= 4 is 6.03 Å². The van der Waals surface area contributed by atoms with Crippen molar-refractivity contribution in [2.24, 2.45) is 0 Å². The predicted molar refractivity (Wildman–Crippen MR) is 68.7 cm³/mol. The van der Waals surface area contributed by atoms with Crippen molar-refractivity contribution in [3.05, 3.63) is 0 Å². The molecule has 0 aliphatic carbocycles. The van der Waals surface area contributed by atoms with Gasteiger partial charge in [-0.3, -0.25) is 0 Å². The highest BCUT2D eigenvalue weighted by molar-refractivity contribution is 5.73. The Bertz CT molecular complexity index is 162. The normalized spacial score (nSPS) is 10.1. The van der Waals surface area contributed by atoms with Gasteiger partial charge in [-0.15, -0.1) is 0 Å². The second kappa shape index (κ2) is 12.3. The zero-order valence-electron chi connectivity index (χ0n) is 10.8. The van der Waals surface area contributed by atoms with Crippen LogP contribution >= 0.6 is 0 Å². The maximum atomic E-state index is 10.8. The first-order valence-electron chi connectivity index (χ1n) is 6.47. The molecule has 0 fully saturated rings. The summed E-state index contributed by atoms with van der Waals surface area (Å²) < 4.78 is 0. The van der Waals surface area contributed by atoms with Crippen LogP contribution in [0, 0.1) is 0 Å². The lowest BCUT2D eigenvalue weighted by Crippen LogP contribution is -2.33. The van der Waals surface area contributed by atoms with Crippen LogP contribution in [0.15, 0.2) is 0 Å². The first-order chi connectivity index (χ1) is 7.81. The molecule has 0 rings (SSSR count). The summed E-state index contributed by atoms with van der Waals surface area (Å²) in [5, 5.41) is 8.75. The molecule has 0 heterocycles. The molecule has 4 heteroatoms. The van der Waals surface area contributed by atoms with E-state index in [2.05, 4.69) is 22.9 Å². The fourth-order valence-corrected chi connectivity index (χ4v) is 1.45. The van der Waals surface area contributed by atoms with Gasteiger partial charge in [-0.25, -0.2) is 4.79 Å². The third-order valence-corrected chi connectivity index (χ3v) is 2.50. The lowest BCUT2D eigenvalue weighted by molar-refractivity contribution is 0.242. The molecule has 3 N–H and O–H groups in total. The Morgan fingerprint density at radius 3 is 2.19 bits per heavy atom. The van der Waals surface area contributed by atoms with Crippen LogP contribution in [0.2, 0.25) is 0 Å². The van der Waals surface area contributed by atoms with Gasteiger partial charge in [-0.1, -0.05) is 26.2 Å². The standard InChI is InChI=1S/C12H27N3O/c1-3-4-9-14-10-7-5-6-8-11-15-12(16)13-2/h14H,3-11H2,1-2H3,(H2,13,15,16). The summed E-state index contributed by atoms with van der Waals surface area (Å²) in [6.45, 7) is 5.27. The summed E-state index contributed by atoms with van der Waals surface area (Å²) in [6.07, 6.45) is 7.29. The first-order valence-corrected chi connectivity index (χ1v) is 6.47. The number of hydrogen-bond donors (Lipinski definition) is 3. The van der Waals surface area contributed by atoms with Crippen molar-refractivity contribution in [3.8, 4) is 0 Å². The molecule has 0 aliphatic heterocycles. The number of urea groups is 1. The molecule has 0 aromatic carbocycles. The summed E-state index contributed by atoms with van der Waals surface area (Å²) in [5.41, 5.74) is 0. The molecule has 0 aromatic heterocycles. The first kappa shape index (κ1) is 15.2. The molecule has 16 heavy (non-hydrogen) atoms. The number of rotatable bonds is 10. The monoisotopic (exact) mass is 229 g/mol. The highest BCUT2D eigenvalue weighted by Crippen LogP contribution is 1.97. The largest absolute Gasteiger partial charge is 0.341 e. The van der Waals surface area contributed by atoms with E-state index in [4.69, 9.17) is 0 Å². The molecule has 0 unspecified atom stereocenters. The Morgan fingerprint density at radius 1 is 0.938 bits per heavy atom. The zero-order chi connectivity index (χ0) is 12.1. The highest BCUT2D eigenvalue weighted by Gasteiger charge is 1.94. The number of carbonyl (C=O) groups excluding carboxylic acids is 1. The van der Waals surface area contributed by atoms with Crippen LogP contribution in [0.25, 0.3) is 0 Å². The van der Waals surface area contributed by atoms with Crippen molar-refractivity contribution in [3.63, 3.8) is 0 Å². The number of unbranched alkanes of at least 4 members (excludes halogenated alkanes) is 4. The smallest absolute Gasteiger partial charge is 0.314 e. The molecule has 0 spiro atoms. The van der Waals surface area contributed by atoms with E-state index in [0.29, 0.717) is 0 Å². The van der Waals surface area contributed by atoms with Crippen LogP contribution in [0.1, 0.15) is 45.4 Å². The maximum Gasteiger partial charge on any atom is 0.314 e. The Balaban J connectivity index is 2.96. The Labute approximate surface area is 99.6 Å². The zero-order valence-corrected chi connectivity index (χ0v) is 10.8. The predicted octanol–water partition coefficient (Wildman–Crippen LogP) is 1.87. The summed E-state index contributed by atoms with van der Waals surface area (Å²) in [5.74, 6) is 0. The van der Waals surface area contributed by atoms with Crippen LogP contribution in [-0.2, 0) is 0 Å². The second-order valence-corrected chi connectivity index (χ2v) is 4.02. The summed E-state index contributed by atoms with van der Waals surface area (Å²) in [7, 11) is 1.64. The number of carbonyl (C=O) groups is 1. The second-order valence-electron chi connectivity index (χ2n) is 4.02. The average molecular weight is 229 g/mol. The number of amides is 2. The molecule has 0 aromatic rings. The van der Waals surface area contributed by atoms with E-state index < -0.39 is 0 Å². The fourth-order valence-electron chi connectivity index (χ4n) is 1.45. The lowest BCUT2D eigenvalue weighted by Gasteiger charge is -2.05. The van der Waals surface area contributed by atoms with Crippen molar-refractivity contribution < 1.29 is 4.79 Å². The third kappa shape index (κ3) is 11.3. The number of nitrogens with one attached hydrogen (secondary N) is 3. The van der Waals surface area contributed by atoms with Gasteiger partial charge < -0.3 is 16.0 Å². The minimum absolute atomic E-state index is 0.0822. The summed E-state index contributed by atoms with van der Waals surface area (Å²) in [6, 6.07) is -0.0822. The van der Waals surface area contributed by atoms with Crippen LogP contribution in [0.3, 0.4) is 0 Å². The van der Waals surface area contributed by atoms with Crippen LogP contribution in [0.4, 0.5) is 4.79 Å². The molecular formula is C12H27N3O. The van der Waals surface area contributed by atoms with E-state index in [1.807, 2.05) is 0 Å². The Kier molecular flexibility index (Phi) is 11.7. The maximum absolute atomic E-state index is 10.8. The third-order valence-electron chi connectivity index (χ3n) is 2.50. The van der Waals surface area contributed by atoms with Gasteiger partial charge >= 0.3 is 6.03 Å². The molecule has 96 valence electrons.